The smallest absolute Gasteiger partial charge is 0.267 e. The molecule has 1 amide bonds. The number of amides is 1. The van der Waals surface area contributed by atoms with Gasteiger partial charge >= 0.3 is 0 Å². The molecule has 1 aromatic heterocycles. The number of carbonyl (C=O) groups is 1. The van der Waals surface area contributed by atoms with Crippen LogP contribution in [0.3, 0.4) is 0 Å². The first kappa shape index (κ1) is 12.6. The van der Waals surface area contributed by atoms with Gasteiger partial charge in [-0.15, -0.1) is 0 Å². The highest BCUT2D eigenvalue weighted by molar-refractivity contribution is 5.91. The number of pyridine rings is 1. The fraction of sp³-hybridized carbons (Fsp3) is 0.500. The van der Waals surface area contributed by atoms with E-state index < -0.39 is 5.91 Å². The second kappa shape index (κ2) is 5.22. The second-order valence-electron chi connectivity index (χ2n) is 4.59. The fourth-order valence-corrected chi connectivity index (χ4v) is 2.18. The molecule has 98 valence electrons. The minimum Gasteiger partial charge on any atom is -0.396 e. The van der Waals surface area contributed by atoms with Gasteiger partial charge in [0, 0.05) is 19.7 Å². The van der Waals surface area contributed by atoms with Crippen molar-refractivity contribution in [1.82, 2.24) is 4.98 Å². The maximum atomic E-state index is 11.1. The zero-order chi connectivity index (χ0) is 13.1. The Morgan fingerprint density at radius 2 is 2.11 bits per heavy atom. The molecule has 0 aromatic carbocycles. The maximum Gasteiger partial charge on any atom is 0.267 e. The molecule has 18 heavy (non-hydrogen) atoms. The number of aliphatic hydroxyl groups is 1. The standard InChI is InChI=1S/C12H18N4O2/c13-9-1-2-10(11(14)18)15-12(9)16-5-3-8(7-17)4-6-16/h1-2,8,17H,3-7,13H2,(H2,14,18). The normalized spacial score (nSPS) is 16.8. The van der Waals surface area contributed by atoms with Gasteiger partial charge < -0.3 is 21.5 Å². The summed E-state index contributed by atoms with van der Waals surface area (Å²) >= 11 is 0. The molecule has 0 saturated carbocycles. The van der Waals surface area contributed by atoms with Gasteiger partial charge in [0.25, 0.3) is 5.91 Å². The van der Waals surface area contributed by atoms with Gasteiger partial charge in [-0.1, -0.05) is 0 Å². The lowest BCUT2D eigenvalue weighted by Crippen LogP contribution is -2.36. The molecule has 6 heteroatoms. The lowest BCUT2D eigenvalue weighted by atomic mass is 9.98. The topological polar surface area (TPSA) is 105 Å². The molecule has 1 fully saturated rings. The van der Waals surface area contributed by atoms with E-state index in [-0.39, 0.29) is 12.3 Å². The summed E-state index contributed by atoms with van der Waals surface area (Å²) in [5.74, 6) is 0.408. The van der Waals surface area contributed by atoms with Crippen LogP contribution >= 0.6 is 0 Å². The highest BCUT2D eigenvalue weighted by atomic mass is 16.3. The monoisotopic (exact) mass is 250 g/mol. The Balaban J connectivity index is 2.18. The Kier molecular flexibility index (Phi) is 3.66. The summed E-state index contributed by atoms with van der Waals surface area (Å²) in [6, 6.07) is 3.18. The number of aromatic nitrogens is 1. The van der Waals surface area contributed by atoms with E-state index in [0.717, 1.165) is 25.9 Å². The van der Waals surface area contributed by atoms with E-state index in [1.54, 1.807) is 6.07 Å². The quantitative estimate of drug-likeness (QED) is 0.698. The minimum absolute atomic E-state index is 0.220. The third kappa shape index (κ3) is 2.53. The SMILES string of the molecule is NC(=O)c1ccc(N)c(N2CCC(CO)CC2)n1. The van der Waals surface area contributed by atoms with Gasteiger partial charge in [-0.3, -0.25) is 4.79 Å². The van der Waals surface area contributed by atoms with Crippen molar-refractivity contribution in [2.45, 2.75) is 12.8 Å². The van der Waals surface area contributed by atoms with Crippen molar-refractivity contribution < 1.29 is 9.90 Å². The molecule has 0 aliphatic carbocycles. The fourth-order valence-electron chi connectivity index (χ4n) is 2.18. The molecular weight excluding hydrogens is 232 g/mol. The number of primary amides is 1. The largest absolute Gasteiger partial charge is 0.396 e. The van der Waals surface area contributed by atoms with Crippen LogP contribution in [0.2, 0.25) is 0 Å². The van der Waals surface area contributed by atoms with E-state index in [4.69, 9.17) is 16.6 Å². The molecule has 1 saturated heterocycles. The van der Waals surface area contributed by atoms with E-state index in [2.05, 4.69) is 4.98 Å². The minimum atomic E-state index is -0.554. The predicted molar refractivity (Wildman–Crippen MR) is 69.2 cm³/mol. The van der Waals surface area contributed by atoms with Crippen LogP contribution in [-0.4, -0.2) is 35.7 Å². The third-order valence-electron chi connectivity index (χ3n) is 3.33. The summed E-state index contributed by atoms with van der Waals surface area (Å²) in [7, 11) is 0. The zero-order valence-corrected chi connectivity index (χ0v) is 10.2. The summed E-state index contributed by atoms with van der Waals surface area (Å²) in [6.07, 6.45) is 1.80. The van der Waals surface area contributed by atoms with Gasteiger partial charge in [-0.05, 0) is 30.9 Å². The third-order valence-corrected chi connectivity index (χ3v) is 3.33. The van der Waals surface area contributed by atoms with Gasteiger partial charge in [0.1, 0.15) is 5.69 Å². The number of anilines is 2. The maximum absolute atomic E-state index is 11.1. The zero-order valence-electron chi connectivity index (χ0n) is 10.2. The van der Waals surface area contributed by atoms with E-state index in [1.807, 2.05) is 4.90 Å². The highest BCUT2D eigenvalue weighted by Crippen LogP contribution is 2.26. The van der Waals surface area contributed by atoms with Crippen LogP contribution in [0.15, 0.2) is 12.1 Å². The van der Waals surface area contributed by atoms with E-state index >= 15 is 0 Å². The predicted octanol–water partition coefficient (Wildman–Crippen LogP) is -0.0286. The Bertz CT molecular complexity index is 442. The summed E-state index contributed by atoms with van der Waals surface area (Å²) < 4.78 is 0. The van der Waals surface area contributed by atoms with Crippen molar-refractivity contribution in [3.8, 4) is 0 Å². The number of nitrogens with two attached hydrogens (primary N) is 2. The lowest BCUT2D eigenvalue weighted by molar-refractivity contribution is 0.0995. The molecule has 1 aliphatic heterocycles. The molecule has 0 unspecified atom stereocenters. The first-order valence-electron chi connectivity index (χ1n) is 6.04. The summed E-state index contributed by atoms with van der Waals surface area (Å²) in [4.78, 5) is 17.4. The summed E-state index contributed by atoms with van der Waals surface area (Å²) in [5, 5.41) is 9.10. The molecule has 1 aliphatic rings. The number of hydrogen-bond acceptors (Lipinski definition) is 5. The first-order valence-corrected chi connectivity index (χ1v) is 6.04. The number of hydrogen-bond donors (Lipinski definition) is 3. The molecule has 1 aromatic rings. The number of aliphatic hydroxyl groups excluding tert-OH is 1. The Hall–Kier alpha value is -1.82. The van der Waals surface area contributed by atoms with Crippen molar-refractivity contribution in [3.63, 3.8) is 0 Å². The first-order chi connectivity index (χ1) is 8.61. The van der Waals surface area contributed by atoms with E-state index in [9.17, 15) is 4.79 Å². The molecule has 0 atom stereocenters. The molecule has 5 N–H and O–H groups in total. The molecular formula is C12H18N4O2. The van der Waals surface area contributed by atoms with Gasteiger partial charge in [-0.25, -0.2) is 4.98 Å². The molecule has 0 bridgehead atoms. The van der Waals surface area contributed by atoms with Crippen LogP contribution in [0.1, 0.15) is 23.3 Å². The van der Waals surface area contributed by atoms with Gasteiger partial charge in [0.05, 0.1) is 5.69 Å². The molecule has 0 spiro atoms. The average molecular weight is 250 g/mol. The van der Waals surface area contributed by atoms with Gasteiger partial charge in [-0.2, -0.15) is 0 Å². The van der Waals surface area contributed by atoms with Crippen LogP contribution in [0.5, 0.6) is 0 Å². The molecule has 0 radical (unpaired) electrons. The van der Waals surface area contributed by atoms with Gasteiger partial charge in [0.2, 0.25) is 0 Å². The van der Waals surface area contributed by atoms with E-state index in [1.165, 1.54) is 6.07 Å². The van der Waals surface area contributed by atoms with Crippen LogP contribution in [0, 0.1) is 5.92 Å². The number of nitrogens with zero attached hydrogens (tertiary/aromatic N) is 2. The molecule has 2 heterocycles. The number of nitrogen functional groups attached to an aromatic ring is 1. The van der Waals surface area contributed by atoms with Crippen molar-refractivity contribution in [2.75, 3.05) is 30.3 Å². The molecule has 2 rings (SSSR count). The van der Waals surface area contributed by atoms with E-state index in [0.29, 0.717) is 17.4 Å². The van der Waals surface area contributed by atoms with Crippen molar-refractivity contribution in [2.24, 2.45) is 11.7 Å². The number of piperidine rings is 1. The summed E-state index contributed by atoms with van der Waals surface area (Å²) in [6.45, 7) is 1.79. The Labute approximate surface area is 106 Å². The number of rotatable bonds is 3. The van der Waals surface area contributed by atoms with Crippen molar-refractivity contribution in [3.05, 3.63) is 17.8 Å². The Morgan fingerprint density at radius 3 is 2.67 bits per heavy atom. The van der Waals surface area contributed by atoms with Crippen LogP contribution in [0.4, 0.5) is 11.5 Å². The lowest BCUT2D eigenvalue weighted by Gasteiger charge is -2.32. The summed E-state index contributed by atoms with van der Waals surface area (Å²) in [5.41, 5.74) is 11.9. The van der Waals surface area contributed by atoms with Crippen LogP contribution < -0.4 is 16.4 Å². The molecule has 6 nitrogen and oxygen atoms in total. The second-order valence-corrected chi connectivity index (χ2v) is 4.59. The highest BCUT2D eigenvalue weighted by Gasteiger charge is 2.21. The van der Waals surface area contributed by atoms with Crippen molar-refractivity contribution >= 4 is 17.4 Å². The van der Waals surface area contributed by atoms with Gasteiger partial charge in [0.15, 0.2) is 5.82 Å². The van der Waals surface area contributed by atoms with Crippen LogP contribution in [-0.2, 0) is 0 Å². The number of carbonyl (C=O) groups excluding carboxylic acids is 1. The van der Waals surface area contributed by atoms with Crippen molar-refractivity contribution in [1.29, 1.82) is 0 Å². The van der Waals surface area contributed by atoms with Crippen LogP contribution in [0.25, 0.3) is 0 Å². The average Bonchev–Trinajstić information content (AvgIpc) is 2.39. The Morgan fingerprint density at radius 1 is 1.44 bits per heavy atom.